The van der Waals surface area contributed by atoms with Crippen molar-refractivity contribution >= 4 is 31.6 Å². The predicted octanol–water partition coefficient (Wildman–Crippen LogP) is 4.74. The average molecular weight is 606 g/mol. The fourth-order valence-electron chi connectivity index (χ4n) is 7.45. The molecule has 2 saturated heterocycles. The lowest BCUT2D eigenvalue weighted by Crippen LogP contribution is -2.45. The number of carbonyl (C=O) groups excluding carboxylic acids is 2. The van der Waals surface area contributed by atoms with Gasteiger partial charge in [-0.1, -0.05) is 42.5 Å². The average Bonchev–Trinajstić information content (AvgIpc) is 3.63. The standard InChI is InChI=1S/C32H40FN5O4Si/c1-22-30(43(2,3)33)28(14-17-36-21-24(15-18-39)34-35-36)42-32(22)26-11-4-5-12-27(26)38(31(32)41)20-23-9-8-10-25(19-23)37-16-7-6-13-29(37)40/h4-5,8-12,19,21-22,28,30,39H,6-7,13-18,20H2,1-3H3/t22-,28+,30-,32+/m1/s1. The van der Waals surface area contributed by atoms with Gasteiger partial charge in [0.05, 0.1) is 24.0 Å². The van der Waals surface area contributed by atoms with Gasteiger partial charge in [0.15, 0.2) is 5.60 Å². The minimum Gasteiger partial charge on any atom is -0.396 e. The molecule has 3 aromatic rings. The predicted molar refractivity (Wildman–Crippen MR) is 164 cm³/mol. The van der Waals surface area contributed by atoms with E-state index in [4.69, 9.17) is 4.74 Å². The van der Waals surface area contributed by atoms with E-state index in [0.29, 0.717) is 44.6 Å². The second kappa shape index (κ2) is 11.6. The molecule has 0 radical (unpaired) electrons. The minimum absolute atomic E-state index is 0.00707. The second-order valence-electron chi connectivity index (χ2n) is 12.6. The Morgan fingerprint density at radius 1 is 1.14 bits per heavy atom. The first-order valence-electron chi connectivity index (χ1n) is 15.3. The molecule has 6 rings (SSSR count). The lowest BCUT2D eigenvalue weighted by Gasteiger charge is -2.31. The van der Waals surface area contributed by atoms with Crippen LogP contribution in [0.1, 0.15) is 49.4 Å². The normalized spacial score (nSPS) is 25.7. The van der Waals surface area contributed by atoms with Crippen molar-refractivity contribution in [3.8, 4) is 0 Å². The van der Waals surface area contributed by atoms with Crippen LogP contribution in [0.3, 0.4) is 0 Å². The summed E-state index contributed by atoms with van der Waals surface area (Å²) in [4.78, 5) is 30.8. The van der Waals surface area contributed by atoms with E-state index in [-0.39, 0.29) is 24.3 Å². The van der Waals surface area contributed by atoms with Crippen molar-refractivity contribution in [2.75, 3.05) is 23.0 Å². The summed E-state index contributed by atoms with van der Waals surface area (Å²) in [5.41, 5.74) is 2.34. The third kappa shape index (κ3) is 5.31. The molecule has 228 valence electrons. The fourth-order valence-corrected chi connectivity index (χ4v) is 9.99. The highest BCUT2D eigenvalue weighted by molar-refractivity contribution is 6.72. The number of aryl methyl sites for hydroxylation is 1. The summed E-state index contributed by atoms with van der Waals surface area (Å²) in [6.45, 7) is 6.85. The van der Waals surface area contributed by atoms with Gasteiger partial charge >= 0.3 is 0 Å². The number of fused-ring (bicyclic) bond motifs is 2. The first-order valence-corrected chi connectivity index (χ1v) is 18.3. The van der Waals surface area contributed by atoms with Crippen molar-refractivity contribution in [3.05, 3.63) is 71.5 Å². The third-order valence-electron chi connectivity index (χ3n) is 9.35. The number of aliphatic hydroxyl groups excluding tert-OH is 1. The first kappa shape index (κ1) is 29.6. The molecule has 9 nitrogen and oxygen atoms in total. The van der Waals surface area contributed by atoms with Gasteiger partial charge in [-0.2, -0.15) is 0 Å². The maximum atomic E-state index is 16.1. The van der Waals surface area contributed by atoms with E-state index in [0.717, 1.165) is 35.3 Å². The van der Waals surface area contributed by atoms with Crippen LogP contribution in [-0.2, 0) is 39.4 Å². The number of nitrogens with zero attached hydrogens (tertiary/aromatic N) is 5. The lowest BCUT2D eigenvalue weighted by molar-refractivity contribution is -0.146. The fraction of sp³-hybridized carbons (Fsp3) is 0.500. The number of halogens is 1. The Morgan fingerprint density at radius 3 is 2.72 bits per heavy atom. The summed E-state index contributed by atoms with van der Waals surface area (Å²) in [7, 11) is -3.28. The number of ether oxygens (including phenoxy) is 1. The Bertz CT molecular complexity index is 1510. The topological polar surface area (TPSA) is 101 Å². The number of hydrogen-bond donors (Lipinski definition) is 1. The van der Waals surface area contributed by atoms with Crippen molar-refractivity contribution < 1.29 is 23.5 Å². The molecule has 0 aliphatic carbocycles. The molecule has 2 aromatic carbocycles. The number of benzene rings is 2. The number of anilines is 2. The highest BCUT2D eigenvalue weighted by Crippen LogP contribution is 2.60. The van der Waals surface area contributed by atoms with Gasteiger partial charge in [0.25, 0.3) is 5.91 Å². The van der Waals surface area contributed by atoms with Gasteiger partial charge in [-0.3, -0.25) is 14.3 Å². The highest BCUT2D eigenvalue weighted by atomic mass is 28.4. The summed E-state index contributed by atoms with van der Waals surface area (Å²) >= 11 is 0. The smallest absolute Gasteiger partial charge is 0.264 e. The van der Waals surface area contributed by atoms with E-state index in [1.54, 1.807) is 28.9 Å². The number of rotatable bonds is 9. The monoisotopic (exact) mass is 605 g/mol. The van der Waals surface area contributed by atoms with E-state index in [1.165, 1.54) is 0 Å². The molecule has 0 unspecified atom stereocenters. The Morgan fingerprint density at radius 2 is 1.95 bits per heavy atom. The Hall–Kier alpha value is -3.41. The third-order valence-corrected chi connectivity index (χ3v) is 11.8. The lowest BCUT2D eigenvalue weighted by atomic mass is 9.82. The highest BCUT2D eigenvalue weighted by Gasteiger charge is 2.66. The SMILES string of the molecule is C[C@@H]1[C@@H]([Si](C)(C)F)[C@H](CCn2cc(CCO)nn2)O[C@@]12C(=O)N(Cc1cccc(N3CCCCC3=O)c1)c1ccccc12. The molecule has 4 heterocycles. The summed E-state index contributed by atoms with van der Waals surface area (Å²) in [5, 5.41) is 17.5. The molecule has 1 aromatic heterocycles. The van der Waals surface area contributed by atoms with Crippen molar-refractivity contribution in [2.45, 2.75) is 82.5 Å². The molecule has 2 amide bonds. The molecular formula is C32H40FN5O4Si. The van der Waals surface area contributed by atoms with Gasteiger partial charge in [-0.15, -0.1) is 5.10 Å². The number of aromatic nitrogens is 3. The first-order chi connectivity index (χ1) is 20.6. The van der Waals surface area contributed by atoms with Gasteiger partial charge in [0, 0.05) is 61.4 Å². The number of para-hydroxylation sites is 1. The van der Waals surface area contributed by atoms with Crippen LogP contribution in [0.4, 0.5) is 15.5 Å². The molecule has 2 fully saturated rings. The molecule has 4 atom stereocenters. The molecule has 1 N–H and O–H groups in total. The Kier molecular flexibility index (Phi) is 7.99. The number of amides is 2. The van der Waals surface area contributed by atoms with Crippen LogP contribution in [0.25, 0.3) is 0 Å². The Balaban J connectivity index is 1.30. The summed E-state index contributed by atoms with van der Waals surface area (Å²) in [6, 6.07) is 15.6. The van der Waals surface area contributed by atoms with E-state index < -0.39 is 25.7 Å². The zero-order valence-corrected chi connectivity index (χ0v) is 26.1. The van der Waals surface area contributed by atoms with Crippen LogP contribution < -0.4 is 9.80 Å². The van der Waals surface area contributed by atoms with Crippen LogP contribution in [0.2, 0.25) is 18.6 Å². The summed E-state index contributed by atoms with van der Waals surface area (Å²) < 4.78 is 24.6. The van der Waals surface area contributed by atoms with E-state index >= 15 is 4.11 Å². The van der Waals surface area contributed by atoms with Gasteiger partial charge in [-0.25, -0.2) is 0 Å². The minimum atomic E-state index is -3.28. The quantitative estimate of drug-likeness (QED) is 0.279. The molecule has 11 heteroatoms. The van der Waals surface area contributed by atoms with Gasteiger partial charge in [0.2, 0.25) is 14.3 Å². The molecular weight excluding hydrogens is 565 g/mol. The van der Waals surface area contributed by atoms with Crippen molar-refractivity contribution in [1.29, 1.82) is 0 Å². The maximum Gasteiger partial charge on any atom is 0.264 e. The van der Waals surface area contributed by atoms with E-state index in [1.807, 2.05) is 60.4 Å². The summed E-state index contributed by atoms with van der Waals surface area (Å²) in [5.74, 6) is -0.415. The Labute approximate surface area is 252 Å². The van der Waals surface area contributed by atoms with Gasteiger partial charge in [0.1, 0.15) is 0 Å². The van der Waals surface area contributed by atoms with E-state index in [2.05, 4.69) is 10.3 Å². The molecule has 3 aliphatic heterocycles. The van der Waals surface area contributed by atoms with Crippen molar-refractivity contribution in [3.63, 3.8) is 0 Å². The number of piperidine rings is 1. The van der Waals surface area contributed by atoms with Crippen LogP contribution in [-0.4, -0.2) is 59.6 Å². The van der Waals surface area contributed by atoms with Crippen molar-refractivity contribution in [1.82, 2.24) is 15.0 Å². The largest absolute Gasteiger partial charge is 0.396 e. The number of hydrogen-bond acceptors (Lipinski definition) is 6. The zero-order valence-electron chi connectivity index (χ0n) is 25.1. The van der Waals surface area contributed by atoms with E-state index in [9.17, 15) is 14.7 Å². The maximum absolute atomic E-state index is 16.1. The van der Waals surface area contributed by atoms with Crippen molar-refractivity contribution in [2.24, 2.45) is 5.92 Å². The molecule has 3 aliphatic rings. The van der Waals surface area contributed by atoms with Gasteiger partial charge < -0.3 is 23.8 Å². The number of carbonyl (C=O) groups is 2. The van der Waals surface area contributed by atoms with Crippen LogP contribution in [0.5, 0.6) is 0 Å². The molecule has 1 spiro atoms. The van der Waals surface area contributed by atoms with Crippen LogP contribution in [0.15, 0.2) is 54.7 Å². The molecule has 0 saturated carbocycles. The number of aliphatic hydroxyl groups is 1. The van der Waals surface area contributed by atoms with Crippen LogP contribution in [0, 0.1) is 5.92 Å². The van der Waals surface area contributed by atoms with Gasteiger partial charge in [-0.05, 0) is 56.1 Å². The van der Waals surface area contributed by atoms with Crippen LogP contribution >= 0.6 is 0 Å². The summed E-state index contributed by atoms with van der Waals surface area (Å²) in [6.07, 6.45) is 4.67. The molecule has 0 bridgehead atoms. The second-order valence-corrected chi connectivity index (χ2v) is 16.4. The molecule has 43 heavy (non-hydrogen) atoms. The zero-order chi connectivity index (χ0) is 30.4.